The summed E-state index contributed by atoms with van der Waals surface area (Å²) in [4.78, 5) is 14.6. The molecular weight excluding hydrogens is 240 g/mol. The zero-order chi connectivity index (χ0) is 11.8. The van der Waals surface area contributed by atoms with Gasteiger partial charge in [-0.05, 0) is 23.6 Å². The molecule has 1 aliphatic heterocycles. The minimum Gasteiger partial charge on any atom is -0.363 e. The molecule has 1 unspecified atom stereocenters. The number of carbonyl (C=O) groups excluding carboxylic acids is 1. The van der Waals surface area contributed by atoms with Gasteiger partial charge in [0, 0.05) is 16.2 Å². The van der Waals surface area contributed by atoms with Crippen LogP contribution in [0.25, 0.3) is 10.9 Å². The van der Waals surface area contributed by atoms with Crippen LogP contribution in [-0.4, -0.2) is 23.6 Å². The van der Waals surface area contributed by atoms with Gasteiger partial charge >= 0.3 is 0 Å². The summed E-state index contributed by atoms with van der Waals surface area (Å²) in [6, 6.07) is 7.66. The molecule has 2 N–H and O–H groups in total. The quantitative estimate of drug-likeness (QED) is 0.817. The molecule has 4 nitrogen and oxygen atoms in total. The largest absolute Gasteiger partial charge is 0.363 e. The highest BCUT2D eigenvalue weighted by Crippen LogP contribution is 2.20. The highest BCUT2D eigenvalue weighted by atomic mass is 35.5. The second kappa shape index (κ2) is 4.05. The summed E-state index contributed by atoms with van der Waals surface area (Å²) in [5.41, 5.74) is 1.93. The molecule has 0 bridgehead atoms. The smallest absolute Gasteiger partial charge is 0.251 e. The molecule has 3 rings (SSSR count). The maximum absolute atomic E-state index is 11.4. The third-order valence-electron chi connectivity index (χ3n) is 2.72. The number of carbonyl (C=O) groups is 1. The van der Waals surface area contributed by atoms with Gasteiger partial charge in [-0.1, -0.05) is 17.7 Å². The van der Waals surface area contributed by atoms with Crippen molar-refractivity contribution in [1.29, 1.82) is 0 Å². The minimum absolute atomic E-state index is 0.0540. The number of epoxide rings is 1. The van der Waals surface area contributed by atoms with E-state index in [2.05, 4.69) is 10.3 Å². The maximum Gasteiger partial charge on any atom is 0.251 e. The fourth-order valence-electron chi connectivity index (χ4n) is 1.75. The minimum atomic E-state index is -0.242. The lowest BCUT2D eigenvalue weighted by atomic mass is 10.2. The van der Waals surface area contributed by atoms with Crippen molar-refractivity contribution in [3.8, 4) is 0 Å². The lowest BCUT2D eigenvalue weighted by molar-refractivity contribution is -0.122. The number of hydrogen-bond donors (Lipinski definition) is 2. The van der Waals surface area contributed by atoms with Crippen molar-refractivity contribution < 1.29 is 9.53 Å². The standard InChI is InChI=1S/C12H11ClN2O2/c13-8-2-1-7-3-9(15-10(7)4-8)5-14-12(16)11-6-17-11/h1-4,11,15H,5-6H2,(H,14,16). The van der Waals surface area contributed by atoms with E-state index in [9.17, 15) is 4.79 Å². The average Bonchev–Trinajstić information content (AvgIpc) is 3.07. The number of ether oxygens (including phenoxy) is 1. The van der Waals surface area contributed by atoms with E-state index >= 15 is 0 Å². The molecule has 1 aliphatic rings. The molecule has 2 aromatic rings. The molecule has 1 fully saturated rings. The molecule has 5 heteroatoms. The molecular formula is C12H11ClN2O2. The summed E-state index contributed by atoms with van der Waals surface area (Å²) in [5, 5.41) is 4.59. The first-order valence-corrected chi connectivity index (χ1v) is 5.76. The fraction of sp³-hybridized carbons (Fsp3) is 0.250. The van der Waals surface area contributed by atoms with Crippen LogP contribution in [0.15, 0.2) is 24.3 Å². The molecule has 0 spiro atoms. The number of halogens is 1. The summed E-state index contributed by atoms with van der Waals surface area (Å²) in [7, 11) is 0. The second-order valence-electron chi connectivity index (χ2n) is 4.07. The fourth-order valence-corrected chi connectivity index (χ4v) is 1.92. The SMILES string of the molecule is O=C(NCc1cc2ccc(Cl)cc2[nH]1)C1CO1. The monoisotopic (exact) mass is 250 g/mol. The zero-order valence-corrected chi connectivity index (χ0v) is 9.75. The van der Waals surface area contributed by atoms with Crippen LogP contribution >= 0.6 is 11.6 Å². The Morgan fingerprint density at radius 3 is 3.12 bits per heavy atom. The van der Waals surface area contributed by atoms with Gasteiger partial charge in [0.15, 0.2) is 6.10 Å². The lowest BCUT2D eigenvalue weighted by Crippen LogP contribution is -2.27. The Morgan fingerprint density at radius 2 is 2.35 bits per heavy atom. The van der Waals surface area contributed by atoms with Gasteiger partial charge in [0.1, 0.15) is 0 Å². The number of nitrogens with one attached hydrogen (secondary N) is 2. The number of benzene rings is 1. The van der Waals surface area contributed by atoms with Crippen LogP contribution in [-0.2, 0) is 16.1 Å². The first-order valence-electron chi connectivity index (χ1n) is 5.39. The van der Waals surface area contributed by atoms with Crippen LogP contribution < -0.4 is 5.32 Å². The Hall–Kier alpha value is -1.52. The third kappa shape index (κ3) is 2.28. The van der Waals surface area contributed by atoms with Crippen LogP contribution in [0.3, 0.4) is 0 Å². The number of fused-ring (bicyclic) bond motifs is 1. The highest BCUT2D eigenvalue weighted by molar-refractivity contribution is 6.31. The molecule has 0 aliphatic carbocycles. The molecule has 1 saturated heterocycles. The van der Waals surface area contributed by atoms with Crippen LogP contribution in [0.2, 0.25) is 5.02 Å². The van der Waals surface area contributed by atoms with Gasteiger partial charge < -0.3 is 15.0 Å². The Kier molecular flexibility index (Phi) is 2.53. The van der Waals surface area contributed by atoms with Crippen LogP contribution in [0, 0.1) is 0 Å². The molecule has 1 aromatic heterocycles. The van der Waals surface area contributed by atoms with Crippen molar-refractivity contribution in [2.45, 2.75) is 12.6 Å². The average molecular weight is 251 g/mol. The first kappa shape index (κ1) is 10.6. The van der Waals surface area contributed by atoms with Crippen molar-refractivity contribution >= 4 is 28.4 Å². The summed E-state index contributed by atoms with van der Waals surface area (Å²) in [5.74, 6) is -0.0540. The first-order chi connectivity index (χ1) is 8.22. The Balaban J connectivity index is 1.74. The predicted octanol–water partition coefficient (Wildman–Crippen LogP) is 1.84. The summed E-state index contributed by atoms with van der Waals surface area (Å²) < 4.78 is 4.89. The summed E-state index contributed by atoms with van der Waals surface area (Å²) >= 11 is 5.90. The number of hydrogen-bond acceptors (Lipinski definition) is 2. The molecule has 17 heavy (non-hydrogen) atoms. The van der Waals surface area contributed by atoms with Crippen LogP contribution in [0.4, 0.5) is 0 Å². The maximum atomic E-state index is 11.4. The normalized spacial score (nSPS) is 18.3. The van der Waals surface area contributed by atoms with E-state index in [1.54, 1.807) is 0 Å². The van der Waals surface area contributed by atoms with Crippen molar-refractivity contribution in [3.05, 3.63) is 35.0 Å². The van der Waals surface area contributed by atoms with Crippen molar-refractivity contribution in [2.75, 3.05) is 6.61 Å². The van der Waals surface area contributed by atoms with Gasteiger partial charge in [0.05, 0.1) is 13.2 Å². The van der Waals surface area contributed by atoms with Gasteiger partial charge in [-0.2, -0.15) is 0 Å². The summed E-state index contributed by atoms with van der Waals surface area (Å²) in [6.45, 7) is 1.01. The van der Waals surface area contributed by atoms with Gasteiger partial charge in [0.25, 0.3) is 5.91 Å². The molecule has 0 radical (unpaired) electrons. The van der Waals surface area contributed by atoms with E-state index in [-0.39, 0.29) is 12.0 Å². The Bertz CT molecular complexity index is 575. The number of aromatic amines is 1. The van der Waals surface area contributed by atoms with E-state index < -0.39 is 0 Å². The van der Waals surface area contributed by atoms with Gasteiger partial charge in [-0.3, -0.25) is 4.79 Å². The number of amides is 1. The zero-order valence-electron chi connectivity index (χ0n) is 9.00. The number of rotatable bonds is 3. The predicted molar refractivity (Wildman–Crippen MR) is 64.9 cm³/mol. The second-order valence-corrected chi connectivity index (χ2v) is 4.50. The van der Waals surface area contributed by atoms with E-state index in [0.717, 1.165) is 16.6 Å². The number of aromatic nitrogens is 1. The Morgan fingerprint density at radius 1 is 1.53 bits per heavy atom. The Labute approximate surface area is 103 Å². The van der Waals surface area contributed by atoms with Crippen molar-refractivity contribution in [1.82, 2.24) is 10.3 Å². The topological polar surface area (TPSA) is 57.4 Å². The molecule has 2 heterocycles. The molecule has 1 aromatic carbocycles. The van der Waals surface area contributed by atoms with Gasteiger partial charge in [-0.25, -0.2) is 0 Å². The van der Waals surface area contributed by atoms with Gasteiger partial charge in [-0.15, -0.1) is 0 Å². The van der Waals surface area contributed by atoms with E-state index in [4.69, 9.17) is 16.3 Å². The molecule has 0 saturated carbocycles. The molecule has 1 amide bonds. The van der Waals surface area contributed by atoms with Gasteiger partial charge in [0.2, 0.25) is 0 Å². The van der Waals surface area contributed by atoms with E-state index in [0.29, 0.717) is 18.2 Å². The van der Waals surface area contributed by atoms with Crippen molar-refractivity contribution in [2.24, 2.45) is 0 Å². The molecule has 1 atom stereocenters. The lowest BCUT2D eigenvalue weighted by Gasteiger charge is -1.99. The number of H-pyrrole nitrogens is 1. The summed E-state index contributed by atoms with van der Waals surface area (Å²) in [6.07, 6.45) is -0.242. The molecule has 88 valence electrons. The third-order valence-corrected chi connectivity index (χ3v) is 2.95. The van der Waals surface area contributed by atoms with Crippen LogP contribution in [0.5, 0.6) is 0 Å². The van der Waals surface area contributed by atoms with E-state index in [1.165, 1.54) is 0 Å². The van der Waals surface area contributed by atoms with Crippen molar-refractivity contribution in [3.63, 3.8) is 0 Å². The van der Waals surface area contributed by atoms with E-state index in [1.807, 2.05) is 24.3 Å². The highest BCUT2D eigenvalue weighted by Gasteiger charge is 2.30. The van der Waals surface area contributed by atoms with Crippen LogP contribution in [0.1, 0.15) is 5.69 Å².